The molecule has 0 aromatic rings. The number of rotatable bonds is 2. The lowest BCUT2D eigenvalue weighted by molar-refractivity contribution is -0.141. The van der Waals surface area contributed by atoms with Gasteiger partial charge in [0.15, 0.2) is 0 Å². The van der Waals surface area contributed by atoms with Gasteiger partial charge < -0.3 is 10.5 Å². The summed E-state index contributed by atoms with van der Waals surface area (Å²) in [5.74, 6) is -0.0906. The molecular weight excluding hydrogens is 152 g/mol. The van der Waals surface area contributed by atoms with Gasteiger partial charge >= 0.3 is 5.97 Å². The molecule has 58 valence electrons. The third kappa shape index (κ3) is 5.41. The van der Waals surface area contributed by atoms with Gasteiger partial charge in [-0.2, -0.15) is 12.6 Å². The molecule has 1 unspecified atom stereocenters. The Morgan fingerprint density at radius 1 is 1.90 bits per heavy atom. The van der Waals surface area contributed by atoms with E-state index in [0.29, 0.717) is 5.75 Å². The number of esters is 1. The third-order valence-electron chi connectivity index (χ3n) is 0.701. The molecule has 4 nitrogen and oxygen atoms in total. The highest BCUT2D eigenvalue weighted by Gasteiger charge is 2.09. The predicted molar refractivity (Wildman–Crippen MR) is 40.5 cm³/mol. The van der Waals surface area contributed by atoms with Crippen LogP contribution in [0.3, 0.4) is 0 Å². The van der Waals surface area contributed by atoms with Crippen LogP contribution in [0, 0.1) is 11.8 Å². The molecule has 0 bridgehead atoms. The molecule has 0 heterocycles. The molecule has 0 radical (unpaired) electrons. The molecule has 0 amide bonds. The molecule has 0 fully saturated rings. The summed E-state index contributed by atoms with van der Waals surface area (Å²) in [6.07, 6.45) is 0. The van der Waals surface area contributed by atoms with Crippen molar-refractivity contribution in [3.63, 3.8) is 0 Å². The smallest absolute Gasteiger partial charge is 0.323 e. The van der Waals surface area contributed by atoms with Crippen LogP contribution in [0.2, 0.25) is 0 Å². The molecule has 0 aliphatic rings. The average Bonchev–Trinajstić information content (AvgIpc) is 2.05. The van der Waals surface area contributed by atoms with Gasteiger partial charge in [-0.1, -0.05) is 0 Å². The van der Waals surface area contributed by atoms with Crippen molar-refractivity contribution in [3.05, 3.63) is 0 Å². The summed E-state index contributed by atoms with van der Waals surface area (Å²) < 4.78 is 4.29. The Labute approximate surface area is 65.4 Å². The molecule has 0 saturated heterocycles. The zero-order valence-corrected chi connectivity index (χ0v) is 6.54. The molecule has 0 aliphatic carbocycles. The summed E-state index contributed by atoms with van der Waals surface area (Å²) >= 11 is 3.78. The molecule has 0 spiro atoms. The Morgan fingerprint density at radius 3 is 2.40 bits per heavy atom. The molecule has 0 aromatic heterocycles. The van der Waals surface area contributed by atoms with Gasteiger partial charge in [0.2, 0.25) is 0 Å². The van der Waals surface area contributed by atoms with Crippen LogP contribution in [0.5, 0.6) is 0 Å². The van der Waals surface area contributed by atoms with Gasteiger partial charge in [0.1, 0.15) is 6.04 Å². The van der Waals surface area contributed by atoms with Crippen LogP contribution in [-0.2, 0) is 9.53 Å². The molecule has 2 N–H and O–H groups in total. The summed E-state index contributed by atoms with van der Waals surface area (Å²) in [5.41, 5.74) is 5.18. The van der Waals surface area contributed by atoms with Crippen molar-refractivity contribution in [2.45, 2.75) is 6.04 Å². The summed E-state index contributed by atoms with van der Waals surface area (Å²) in [6, 6.07) is -0.580. The first-order chi connectivity index (χ1) is 4.72. The maximum atomic E-state index is 10.3. The highest BCUT2D eigenvalue weighted by atomic mass is 32.1. The molecule has 0 aromatic carbocycles. The zero-order valence-electron chi connectivity index (χ0n) is 5.65. The maximum Gasteiger partial charge on any atom is 0.323 e. The van der Waals surface area contributed by atoms with E-state index in [9.17, 15) is 4.79 Å². The van der Waals surface area contributed by atoms with Crippen molar-refractivity contribution in [3.8, 4) is 6.57 Å². The van der Waals surface area contributed by atoms with Crippen molar-refractivity contribution < 1.29 is 9.53 Å². The summed E-state index contributed by atoms with van der Waals surface area (Å²) in [7, 11) is 1.30. The lowest BCUT2D eigenvalue weighted by atomic mass is 10.4. The van der Waals surface area contributed by atoms with Crippen LogP contribution in [0.1, 0.15) is 0 Å². The highest BCUT2D eigenvalue weighted by Crippen LogP contribution is 1.84. The Bertz CT molecular complexity index is 115. The van der Waals surface area contributed by atoms with E-state index in [1.54, 1.807) is 0 Å². The van der Waals surface area contributed by atoms with Crippen molar-refractivity contribution in [2.24, 2.45) is 5.73 Å². The summed E-state index contributed by atoms with van der Waals surface area (Å²) in [6.45, 7) is 3.50. The minimum atomic E-state index is -0.580. The fraction of sp³-hybridized carbons (Fsp3) is 0.600. The van der Waals surface area contributed by atoms with Crippen molar-refractivity contribution in [1.82, 2.24) is 0 Å². The van der Waals surface area contributed by atoms with E-state index in [0.717, 1.165) is 0 Å². The lowest BCUT2D eigenvalue weighted by Crippen LogP contribution is -2.32. The number of methoxy groups -OCH3 is 1. The predicted octanol–water partition coefficient (Wildman–Crippen LogP) is -0.444. The van der Waals surface area contributed by atoms with Crippen LogP contribution >= 0.6 is 12.6 Å². The number of nitrogens with two attached hydrogens (primary N) is 1. The summed E-state index contributed by atoms with van der Waals surface area (Å²) in [4.78, 5) is 10.3. The quantitative estimate of drug-likeness (QED) is 0.426. The Hall–Kier alpha value is -0.730. The number of ether oxygens (including phenoxy) is 1. The van der Waals surface area contributed by atoms with E-state index in [1.807, 2.05) is 0 Å². The molecule has 0 saturated carbocycles. The third-order valence-corrected chi connectivity index (χ3v) is 1.09. The van der Waals surface area contributed by atoms with Crippen LogP contribution < -0.4 is 5.73 Å². The number of nitrogens with zero attached hydrogens (tertiary/aromatic N) is 1. The van der Waals surface area contributed by atoms with Crippen molar-refractivity contribution >= 4 is 18.6 Å². The second-order valence-electron chi connectivity index (χ2n) is 1.31. The van der Waals surface area contributed by atoms with Gasteiger partial charge in [0, 0.05) is 12.3 Å². The molecule has 5 heteroatoms. The van der Waals surface area contributed by atoms with E-state index in [1.165, 1.54) is 7.11 Å². The Kier molecular flexibility index (Phi) is 9.92. The normalized spacial score (nSPS) is 10.5. The fourth-order valence-electron chi connectivity index (χ4n) is 0.226. The number of thiol groups is 1. The highest BCUT2D eigenvalue weighted by molar-refractivity contribution is 7.80. The Morgan fingerprint density at radius 2 is 2.30 bits per heavy atom. The fourth-order valence-corrected chi connectivity index (χ4v) is 0.375. The van der Waals surface area contributed by atoms with Gasteiger partial charge in [-0.05, 0) is 0 Å². The SMILES string of the molecule is C#N.COC(=O)C(N)CS. The monoisotopic (exact) mass is 162 g/mol. The number of hydrogen-bond acceptors (Lipinski definition) is 5. The van der Waals surface area contributed by atoms with Crippen molar-refractivity contribution in [1.29, 1.82) is 5.26 Å². The molecule has 10 heavy (non-hydrogen) atoms. The van der Waals surface area contributed by atoms with E-state index in [2.05, 4.69) is 23.9 Å². The average molecular weight is 162 g/mol. The molecule has 0 aliphatic heterocycles. The number of hydrogen-bond donors (Lipinski definition) is 2. The zero-order chi connectivity index (χ0) is 8.57. The van der Waals surface area contributed by atoms with Crippen LogP contribution in [0.25, 0.3) is 0 Å². The first-order valence-corrected chi connectivity index (χ1v) is 3.05. The minimum absolute atomic E-state index is 0.326. The second-order valence-corrected chi connectivity index (χ2v) is 1.68. The largest absolute Gasteiger partial charge is 0.468 e. The van der Waals surface area contributed by atoms with Gasteiger partial charge in [-0.25, -0.2) is 5.26 Å². The Balaban J connectivity index is 0. The molecular formula is C5H10N2O2S. The molecule has 1 atom stereocenters. The van der Waals surface area contributed by atoms with Gasteiger partial charge in [0.25, 0.3) is 0 Å². The van der Waals surface area contributed by atoms with E-state index >= 15 is 0 Å². The summed E-state index contributed by atoms with van der Waals surface area (Å²) in [5, 5.41) is 6.50. The van der Waals surface area contributed by atoms with Gasteiger partial charge in [-0.3, -0.25) is 4.79 Å². The first-order valence-electron chi connectivity index (χ1n) is 2.42. The van der Waals surface area contributed by atoms with Crippen molar-refractivity contribution in [2.75, 3.05) is 12.9 Å². The topological polar surface area (TPSA) is 76.1 Å². The van der Waals surface area contributed by atoms with Crippen LogP contribution in [-0.4, -0.2) is 24.9 Å². The second kappa shape index (κ2) is 8.27. The number of carbonyl (C=O) groups is 1. The van der Waals surface area contributed by atoms with E-state index in [-0.39, 0.29) is 0 Å². The first kappa shape index (κ1) is 12.0. The molecule has 0 rings (SSSR count). The minimum Gasteiger partial charge on any atom is -0.468 e. The maximum absolute atomic E-state index is 10.3. The van der Waals surface area contributed by atoms with Gasteiger partial charge in [0.05, 0.1) is 7.11 Å². The van der Waals surface area contributed by atoms with Crippen LogP contribution in [0.15, 0.2) is 0 Å². The number of nitriles is 1. The lowest BCUT2D eigenvalue weighted by Gasteiger charge is -2.02. The van der Waals surface area contributed by atoms with Crippen LogP contribution in [0.4, 0.5) is 0 Å². The van der Waals surface area contributed by atoms with E-state index < -0.39 is 12.0 Å². The van der Waals surface area contributed by atoms with E-state index in [4.69, 9.17) is 11.0 Å². The number of carbonyl (C=O) groups excluding carboxylic acids is 1. The standard InChI is InChI=1S/C4H9NO2S.CHN/c1-7-4(6)3(5)2-8;1-2/h3,8H,2,5H2,1H3;1H. The van der Waals surface area contributed by atoms with Gasteiger partial charge in [-0.15, -0.1) is 0 Å².